The summed E-state index contributed by atoms with van der Waals surface area (Å²) >= 11 is 0. The van der Waals surface area contributed by atoms with Crippen LogP contribution in [-0.2, 0) is 9.59 Å². The van der Waals surface area contributed by atoms with Crippen LogP contribution in [0.3, 0.4) is 0 Å². The maximum absolute atomic E-state index is 12.8. The largest absolute Gasteiger partial charge is 0.497 e. The predicted molar refractivity (Wildman–Crippen MR) is 106 cm³/mol. The van der Waals surface area contributed by atoms with Gasteiger partial charge < -0.3 is 20.1 Å². The van der Waals surface area contributed by atoms with Gasteiger partial charge in [0.25, 0.3) is 5.91 Å². The van der Waals surface area contributed by atoms with Gasteiger partial charge in [-0.3, -0.25) is 9.59 Å². The normalized spacial score (nSPS) is 29.4. The van der Waals surface area contributed by atoms with E-state index in [2.05, 4.69) is 5.32 Å². The molecule has 2 aliphatic heterocycles. The van der Waals surface area contributed by atoms with Gasteiger partial charge in [-0.05, 0) is 43.5 Å². The highest BCUT2D eigenvalue weighted by atomic mass is 16.5. The summed E-state index contributed by atoms with van der Waals surface area (Å²) in [6.45, 7) is 1.01. The molecular weight excluding hydrogens is 374 g/mol. The van der Waals surface area contributed by atoms with Crippen molar-refractivity contribution in [1.29, 1.82) is 0 Å². The van der Waals surface area contributed by atoms with E-state index in [-0.39, 0.29) is 18.2 Å². The summed E-state index contributed by atoms with van der Waals surface area (Å²) in [5, 5.41) is 13.4. The van der Waals surface area contributed by atoms with Crippen LogP contribution in [0.25, 0.3) is 0 Å². The molecular formula is C21H27N3O5. The minimum Gasteiger partial charge on any atom is -0.497 e. The summed E-state index contributed by atoms with van der Waals surface area (Å²) in [7, 11) is 1.54. The third-order valence-electron chi connectivity index (χ3n) is 6.51. The van der Waals surface area contributed by atoms with Crippen molar-refractivity contribution < 1.29 is 24.2 Å². The highest BCUT2D eigenvalue weighted by Gasteiger charge is 2.45. The van der Waals surface area contributed by atoms with Gasteiger partial charge in [0.15, 0.2) is 0 Å². The molecule has 2 heterocycles. The number of nitrogens with zero attached hydrogens (tertiary/aromatic N) is 2. The summed E-state index contributed by atoms with van der Waals surface area (Å²) in [5.74, 6) is 0.131. The smallest absolute Gasteiger partial charge is 0.329 e. The summed E-state index contributed by atoms with van der Waals surface area (Å²) in [5.41, 5.74) is -0.217. The lowest BCUT2D eigenvalue weighted by Crippen LogP contribution is -2.55. The molecule has 3 aliphatic rings. The Bertz CT molecular complexity index is 811. The van der Waals surface area contributed by atoms with E-state index >= 15 is 0 Å². The van der Waals surface area contributed by atoms with Crippen molar-refractivity contribution in [2.75, 3.05) is 25.1 Å². The number of ether oxygens (including phenoxy) is 1. The van der Waals surface area contributed by atoms with Crippen molar-refractivity contribution in [2.24, 2.45) is 5.92 Å². The van der Waals surface area contributed by atoms with E-state index in [4.69, 9.17) is 4.74 Å². The number of carbonyl (C=O) groups is 3. The van der Waals surface area contributed by atoms with Crippen molar-refractivity contribution in [1.82, 2.24) is 10.2 Å². The molecule has 8 nitrogen and oxygen atoms in total. The number of aliphatic hydroxyl groups is 1. The third-order valence-corrected chi connectivity index (χ3v) is 6.51. The number of hydrogen-bond donors (Lipinski definition) is 2. The van der Waals surface area contributed by atoms with E-state index in [1.54, 1.807) is 36.3 Å². The van der Waals surface area contributed by atoms with Gasteiger partial charge in [0.1, 0.15) is 11.8 Å². The number of anilines is 1. The molecule has 1 saturated carbocycles. The zero-order valence-electron chi connectivity index (χ0n) is 16.6. The number of urea groups is 1. The fourth-order valence-electron chi connectivity index (χ4n) is 4.75. The van der Waals surface area contributed by atoms with E-state index in [1.165, 1.54) is 0 Å². The molecule has 1 aliphatic carbocycles. The Kier molecular flexibility index (Phi) is 5.21. The monoisotopic (exact) mass is 401 g/mol. The second kappa shape index (κ2) is 7.67. The van der Waals surface area contributed by atoms with Crippen LogP contribution in [0.4, 0.5) is 10.5 Å². The zero-order chi connectivity index (χ0) is 20.6. The summed E-state index contributed by atoms with van der Waals surface area (Å²) < 4.78 is 5.10. The SMILES string of the molecule is COc1ccc(N2C(=O)N[C@H](CC(=O)N3CC[C@@]4(O)CCCC[C@H]4C3)C2=O)cc1. The van der Waals surface area contributed by atoms with Gasteiger partial charge in [-0.1, -0.05) is 12.8 Å². The van der Waals surface area contributed by atoms with Crippen LogP contribution in [0.15, 0.2) is 24.3 Å². The highest BCUT2D eigenvalue weighted by Crippen LogP contribution is 2.40. The first kappa shape index (κ1) is 19.7. The van der Waals surface area contributed by atoms with Crippen LogP contribution >= 0.6 is 0 Å². The number of fused-ring (bicyclic) bond motifs is 1. The van der Waals surface area contributed by atoms with Crippen molar-refractivity contribution in [3.8, 4) is 5.75 Å². The lowest BCUT2D eigenvalue weighted by Gasteiger charge is -2.47. The second-order valence-electron chi connectivity index (χ2n) is 8.21. The zero-order valence-corrected chi connectivity index (χ0v) is 16.6. The van der Waals surface area contributed by atoms with Crippen molar-refractivity contribution in [3.05, 3.63) is 24.3 Å². The number of rotatable bonds is 4. The molecule has 0 unspecified atom stereocenters. The number of likely N-dealkylation sites (tertiary alicyclic amines) is 1. The van der Waals surface area contributed by atoms with Gasteiger partial charge in [-0.2, -0.15) is 0 Å². The Morgan fingerprint density at radius 1 is 1.24 bits per heavy atom. The first-order valence-electron chi connectivity index (χ1n) is 10.2. The number of methoxy groups -OCH3 is 1. The van der Waals surface area contributed by atoms with Gasteiger partial charge >= 0.3 is 6.03 Å². The van der Waals surface area contributed by atoms with E-state index in [1.807, 2.05) is 0 Å². The molecule has 1 aromatic carbocycles. The van der Waals surface area contributed by atoms with E-state index in [0.717, 1.165) is 30.6 Å². The molecule has 4 rings (SSSR count). The van der Waals surface area contributed by atoms with E-state index in [0.29, 0.717) is 30.9 Å². The quantitative estimate of drug-likeness (QED) is 0.748. The fourth-order valence-corrected chi connectivity index (χ4v) is 4.75. The first-order valence-corrected chi connectivity index (χ1v) is 10.2. The average Bonchev–Trinajstić information content (AvgIpc) is 3.00. The van der Waals surface area contributed by atoms with Crippen LogP contribution < -0.4 is 15.0 Å². The molecule has 29 heavy (non-hydrogen) atoms. The third kappa shape index (κ3) is 3.69. The Morgan fingerprint density at radius 2 is 2.00 bits per heavy atom. The molecule has 156 valence electrons. The molecule has 1 aromatic rings. The van der Waals surface area contributed by atoms with Crippen molar-refractivity contribution >= 4 is 23.5 Å². The van der Waals surface area contributed by atoms with Gasteiger partial charge in [-0.25, -0.2) is 9.69 Å². The van der Waals surface area contributed by atoms with Crippen LogP contribution in [-0.4, -0.2) is 59.7 Å². The van der Waals surface area contributed by atoms with Gasteiger partial charge in [0, 0.05) is 19.0 Å². The molecule has 3 atom stereocenters. The average molecular weight is 401 g/mol. The maximum atomic E-state index is 12.8. The summed E-state index contributed by atoms with van der Waals surface area (Å²) in [6, 6.07) is 5.22. The molecule has 0 aromatic heterocycles. The number of imide groups is 1. The van der Waals surface area contributed by atoms with Gasteiger partial charge in [-0.15, -0.1) is 0 Å². The number of amides is 4. The molecule has 3 fully saturated rings. The van der Waals surface area contributed by atoms with E-state index in [9.17, 15) is 19.5 Å². The van der Waals surface area contributed by atoms with Gasteiger partial charge in [0.05, 0.1) is 24.8 Å². The lowest BCUT2D eigenvalue weighted by molar-refractivity contribution is -0.144. The Hall–Kier alpha value is -2.61. The molecule has 0 radical (unpaired) electrons. The molecule has 4 amide bonds. The Balaban J connectivity index is 1.40. The minimum atomic E-state index is -0.871. The summed E-state index contributed by atoms with van der Waals surface area (Å²) in [6.07, 6.45) is 4.33. The topological polar surface area (TPSA) is 99.2 Å². The molecule has 0 bridgehead atoms. The van der Waals surface area contributed by atoms with E-state index < -0.39 is 23.6 Å². The predicted octanol–water partition coefficient (Wildman–Crippen LogP) is 1.66. The second-order valence-corrected chi connectivity index (χ2v) is 8.21. The van der Waals surface area contributed by atoms with Crippen LogP contribution in [0, 0.1) is 5.92 Å². The Morgan fingerprint density at radius 3 is 2.72 bits per heavy atom. The number of benzene rings is 1. The number of piperidine rings is 1. The lowest BCUT2D eigenvalue weighted by atomic mass is 9.71. The molecule has 8 heteroatoms. The maximum Gasteiger partial charge on any atom is 0.329 e. The van der Waals surface area contributed by atoms with Crippen LogP contribution in [0.1, 0.15) is 38.5 Å². The van der Waals surface area contributed by atoms with Gasteiger partial charge in [0.2, 0.25) is 5.91 Å². The molecule has 0 spiro atoms. The molecule has 2 saturated heterocycles. The number of hydrogen-bond acceptors (Lipinski definition) is 5. The highest BCUT2D eigenvalue weighted by molar-refractivity contribution is 6.22. The van der Waals surface area contributed by atoms with Crippen molar-refractivity contribution in [3.63, 3.8) is 0 Å². The number of carbonyl (C=O) groups excluding carboxylic acids is 3. The number of nitrogens with one attached hydrogen (secondary N) is 1. The fraction of sp³-hybridized carbons (Fsp3) is 0.571. The Labute approximate surface area is 169 Å². The first-order chi connectivity index (χ1) is 13.9. The minimum absolute atomic E-state index is 0.0671. The van der Waals surface area contributed by atoms with Crippen LogP contribution in [0.5, 0.6) is 5.75 Å². The summed E-state index contributed by atoms with van der Waals surface area (Å²) in [4.78, 5) is 40.7. The molecule has 2 N–H and O–H groups in total. The van der Waals surface area contributed by atoms with Crippen molar-refractivity contribution in [2.45, 2.75) is 50.2 Å². The van der Waals surface area contributed by atoms with Crippen LogP contribution in [0.2, 0.25) is 0 Å². The standard InChI is InChI=1S/C21H27N3O5/c1-29-16-7-5-15(6-8-16)24-19(26)17(22-20(24)27)12-18(25)23-11-10-21(28)9-3-2-4-14(21)13-23/h5-8,14,17,28H,2-4,9-13H2,1H3,(H,22,27)/t14-,17+,21-/m0/s1.